The molecule has 1 aliphatic rings. The standard InChI is InChI=1S/C19H22FNO/c1-13-3-4-15(9-14(13)2)19-6-5-17(20)10-16(19)12-22-18-7-8-21-11-18/h3-6,9-10,18,21H,7-8,11-12H2,1-2H3. The number of rotatable bonds is 4. The molecule has 2 nitrogen and oxygen atoms in total. The molecule has 1 saturated heterocycles. The molecule has 0 aliphatic carbocycles. The highest BCUT2D eigenvalue weighted by Crippen LogP contribution is 2.27. The number of hydrogen-bond acceptors (Lipinski definition) is 2. The van der Waals surface area contributed by atoms with E-state index < -0.39 is 0 Å². The van der Waals surface area contributed by atoms with Gasteiger partial charge in [0.15, 0.2) is 0 Å². The summed E-state index contributed by atoms with van der Waals surface area (Å²) in [4.78, 5) is 0. The van der Waals surface area contributed by atoms with Crippen LogP contribution in [0.15, 0.2) is 36.4 Å². The van der Waals surface area contributed by atoms with E-state index in [0.717, 1.165) is 36.2 Å². The van der Waals surface area contributed by atoms with Crippen LogP contribution >= 0.6 is 0 Å². The Hall–Kier alpha value is -1.71. The molecule has 0 amide bonds. The summed E-state index contributed by atoms with van der Waals surface area (Å²) in [6.07, 6.45) is 1.25. The van der Waals surface area contributed by atoms with Crippen molar-refractivity contribution in [2.24, 2.45) is 0 Å². The van der Waals surface area contributed by atoms with E-state index >= 15 is 0 Å². The van der Waals surface area contributed by atoms with Gasteiger partial charge in [-0.1, -0.05) is 24.3 Å². The minimum Gasteiger partial charge on any atom is -0.372 e. The first-order valence-electron chi connectivity index (χ1n) is 7.82. The second-order valence-corrected chi connectivity index (χ2v) is 6.03. The predicted octanol–water partition coefficient (Wildman–Crippen LogP) is 3.99. The smallest absolute Gasteiger partial charge is 0.123 e. The summed E-state index contributed by atoms with van der Waals surface area (Å²) in [6.45, 7) is 6.53. The van der Waals surface area contributed by atoms with Crippen LogP contribution in [0.25, 0.3) is 11.1 Å². The first-order valence-corrected chi connectivity index (χ1v) is 7.82. The Balaban J connectivity index is 1.87. The highest BCUT2D eigenvalue weighted by molar-refractivity contribution is 5.68. The van der Waals surface area contributed by atoms with Crippen LogP contribution in [0.4, 0.5) is 4.39 Å². The molecule has 0 bridgehead atoms. The van der Waals surface area contributed by atoms with E-state index in [1.54, 1.807) is 6.07 Å². The Kier molecular flexibility index (Phi) is 4.55. The molecule has 2 aromatic carbocycles. The molecule has 2 aromatic rings. The third kappa shape index (κ3) is 3.37. The van der Waals surface area contributed by atoms with Gasteiger partial charge in [0.2, 0.25) is 0 Å². The van der Waals surface area contributed by atoms with Crippen LogP contribution in [0.2, 0.25) is 0 Å². The monoisotopic (exact) mass is 299 g/mol. The van der Waals surface area contributed by atoms with Crippen molar-refractivity contribution < 1.29 is 9.13 Å². The second kappa shape index (κ2) is 6.59. The van der Waals surface area contributed by atoms with Crippen molar-refractivity contribution in [1.29, 1.82) is 0 Å². The van der Waals surface area contributed by atoms with Gasteiger partial charge in [0, 0.05) is 6.54 Å². The van der Waals surface area contributed by atoms with Crippen LogP contribution in [-0.2, 0) is 11.3 Å². The van der Waals surface area contributed by atoms with Crippen molar-refractivity contribution in [3.63, 3.8) is 0 Å². The molecule has 1 fully saturated rings. The molecule has 0 radical (unpaired) electrons. The summed E-state index contributed by atoms with van der Waals surface area (Å²) in [5.41, 5.74) is 5.59. The van der Waals surface area contributed by atoms with Crippen LogP contribution in [-0.4, -0.2) is 19.2 Å². The Labute approximate surface area is 131 Å². The van der Waals surface area contributed by atoms with E-state index in [2.05, 4.69) is 37.4 Å². The average molecular weight is 299 g/mol. The molecule has 3 heteroatoms. The zero-order valence-electron chi connectivity index (χ0n) is 13.2. The molecule has 0 spiro atoms. The van der Waals surface area contributed by atoms with Gasteiger partial charge >= 0.3 is 0 Å². The first-order chi connectivity index (χ1) is 10.6. The van der Waals surface area contributed by atoms with Crippen LogP contribution in [0.3, 0.4) is 0 Å². The van der Waals surface area contributed by atoms with Crippen molar-refractivity contribution in [2.75, 3.05) is 13.1 Å². The fourth-order valence-electron chi connectivity index (χ4n) is 2.85. The van der Waals surface area contributed by atoms with Gasteiger partial charge < -0.3 is 10.1 Å². The summed E-state index contributed by atoms with van der Waals surface area (Å²) < 4.78 is 19.6. The molecule has 0 aromatic heterocycles. The highest BCUT2D eigenvalue weighted by Gasteiger charge is 2.16. The lowest BCUT2D eigenvalue weighted by Gasteiger charge is -2.15. The van der Waals surface area contributed by atoms with Crippen molar-refractivity contribution in [3.8, 4) is 11.1 Å². The van der Waals surface area contributed by atoms with Crippen molar-refractivity contribution in [3.05, 3.63) is 58.9 Å². The molecule has 1 aliphatic heterocycles. The lowest BCUT2D eigenvalue weighted by molar-refractivity contribution is 0.0543. The first kappa shape index (κ1) is 15.2. The van der Waals surface area contributed by atoms with Gasteiger partial charge in [-0.15, -0.1) is 0 Å². The van der Waals surface area contributed by atoms with E-state index in [0.29, 0.717) is 6.61 Å². The number of halogens is 1. The Morgan fingerprint density at radius 1 is 1.14 bits per heavy atom. The maximum Gasteiger partial charge on any atom is 0.123 e. The Morgan fingerprint density at radius 2 is 2.00 bits per heavy atom. The molecule has 22 heavy (non-hydrogen) atoms. The van der Waals surface area contributed by atoms with Gasteiger partial charge in [-0.05, 0) is 66.8 Å². The number of aryl methyl sites for hydroxylation is 2. The Bertz CT molecular complexity index is 662. The molecule has 0 saturated carbocycles. The van der Waals surface area contributed by atoms with Gasteiger partial charge in [-0.2, -0.15) is 0 Å². The summed E-state index contributed by atoms with van der Waals surface area (Å²) in [7, 11) is 0. The summed E-state index contributed by atoms with van der Waals surface area (Å²) >= 11 is 0. The predicted molar refractivity (Wildman–Crippen MR) is 87.4 cm³/mol. The number of ether oxygens (including phenoxy) is 1. The zero-order chi connectivity index (χ0) is 15.5. The van der Waals surface area contributed by atoms with Crippen molar-refractivity contribution in [2.45, 2.75) is 33.0 Å². The summed E-state index contributed by atoms with van der Waals surface area (Å²) in [5.74, 6) is -0.212. The molecular weight excluding hydrogens is 277 g/mol. The van der Waals surface area contributed by atoms with Gasteiger partial charge in [0.1, 0.15) is 5.82 Å². The molecule has 116 valence electrons. The van der Waals surface area contributed by atoms with Crippen molar-refractivity contribution in [1.82, 2.24) is 5.32 Å². The molecule has 1 atom stereocenters. The van der Waals surface area contributed by atoms with Gasteiger partial charge in [0.25, 0.3) is 0 Å². The summed E-state index contributed by atoms with van der Waals surface area (Å²) in [5, 5.41) is 3.28. The van der Waals surface area contributed by atoms with Crippen molar-refractivity contribution >= 4 is 0 Å². The van der Waals surface area contributed by atoms with E-state index in [1.807, 2.05) is 6.07 Å². The highest BCUT2D eigenvalue weighted by atomic mass is 19.1. The van der Waals surface area contributed by atoms with Gasteiger partial charge in [0.05, 0.1) is 12.7 Å². The third-order valence-corrected chi connectivity index (χ3v) is 4.37. The fourth-order valence-corrected chi connectivity index (χ4v) is 2.85. The maximum absolute atomic E-state index is 13.6. The molecular formula is C19H22FNO. The SMILES string of the molecule is Cc1ccc(-c2ccc(F)cc2COC2CCNC2)cc1C. The second-order valence-electron chi connectivity index (χ2n) is 6.03. The third-order valence-electron chi connectivity index (χ3n) is 4.37. The zero-order valence-corrected chi connectivity index (χ0v) is 13.2. The number of nitrogens with one attached hydrogen (secondary N) is 1. The lowest BCUT2D eigenvalue weighted by Crippen LogP contribution is -2.16. The topological polar surface area (TPSA) is 21.3 Å². The van der Waals surface area contributed by atoms with E-state index in [-0.39, 0.29) is 11.9 Å². The molecule has 3 rings (SSSR count). The number of hydrogen-bond donors (Lipinski definition) is 1. The minimum atomic E-state index is -0.212. The molecule has 1 N–H and O–H groups in total. The number of benzene rings is 2. The maximum atomic E-state index is 13.6. The van der Waals surface area contributed by atoms with Gasteiger partial charge in [-0.25, -0.2) is 4.39 Å². The summed E-state index contributed by atoms with van der Waals surface area (Å²) in [6, 6.07) is 11.3. The normalized spacial score (nSPS) is 17.9. The van der Waals surface area contributed by atoms with E-state index in [9.17, 15) is 4.39 Å². The van der Waals surface area contributed by atoms with Crippen LogP contribution in [0.1, 0.15) is 23.1 Å². The quantitative estimate of drug-likeness (QED) is 0.921. The van der Waals surface area contributed by atoms with E-state index in [1.165, 1.54) is 17.2 Å². The minimum absolute atomic E-state index is 0.212. The van der Waals surface area contributed by atoms with Crippen LogP contribution < -0.4 is 5.32 Å². The largest absolute Gasteiger partial charge is 0.372 e. The lowest BCUT2D eigenvalue weighted by atomic mass is 9.96. The van der Waals surface area contributed by atoms with E-state index in [4.69, 9.17) is 4.74 Å². The average Bonchev–Trinajstić information content (AvgIpc) is 3.02. The van der Waals surface area contributed by atoms with Crippen LogP contribution in [0.5, 0.6) is 0 Å². The fraction of sp³-hybridized carbons (Fsp3) is 0.368. The Morgan fingerprint density at radius 3 is 2.73 bits per heavy atom. The van der Waals surface area contributed by atoms with Crippen LogP contribution in [0, 0.1) is 19.7 Å². The molecule has 1 heterocycles. The van der Waals surface area contributed by atoms with Gasteiger partial charge in [-0.3, -0.25) is 0 Å². The molecule has 1 unspecified atom stereocenters.